The number of carbonyl (C=O) groups is 3. The van der Waals surface area contributed by atoms with E-state index in [9.17, 15) is 27.6 Å². The molecule has 0 fully saturated rings. The minimum Gasteiger partial charge on any atom is -0.343 e. The molecular weight excluding hydrogens is 958 g/mol. The lowest BCUT2D eigenvalue weighted by atomic mass is 10.0. The monoisotopic (exact) mass is 1010 g/mol. The fourth-order valence-corrected chi connectivity index (χ4v) is 8.17. The summed E-state index contributed by atoms with van der Waals surface area (Å²) in [5.74, 6) is 1.24. The normalized spacial score (nSPS) is 10.4. The van der Waals surface area contributed by atoms with E-state index >= 15 is 0 Å². The standard InChI is InChI=1S/C22H17FN2O.2C21H19FN2O/c1-3-16-6-4-7-18(10-16)22(26)13-17-11-19(23)14-21(12-17)25(2)20-8-5-9-24-15-20;2*1-15-5-3-6-17(9-15)21(25)12-16-10-18(22)13-20(11-16)24(2)19-7-4-8-23-14-19/h1,4-12,14-15H,13H2,2H3;2*3-11,13-14H,12H2,1-2H3. The molecule has 0 N–H and O–H groups in total. The third-order valence-electron chi connectivity index (χ3n) is 12.2. The van der Waals surface area contributed by atoms with Gasteiger partial charge in [-0.05, 0) is 146 Å². The second-order valence-corrected chi connectivity index (χ2v) is 18.0. The number of hydrogen-bond acceptors (Lipinski definition) is 9. The number of ketones is 3. The number of nitrogens with zero attached hydrogens (tertiary/aromatic N) is 6. The number of aryl methyl sites for hydroxylation is 2. The second-order valence-electron chi connectivity index (χ2n) is 18.0. The maximum Gasteiger partial charge on any atom is 0.167 e. The quantitative estimate of drug-likeness (QED) is 0.0734. The van der Waals surface area contributed by atoms with E-state index in [4.69, 9.17) is 6.42 Å². The predicted octanol–water partition coefficient (Wildman–Crippen LogP) is 13.8. The summed E-state index contributed by atoms with van der Waals surface area (Å²) in [6, 6.07) is 46.9. The molecule has 380 valence electrons. The van der Waals surface area contributed by atoms with E-state index in [0.29, 0.717) is 56.0 Å². The van der Waals surface area contributed by atoms with Gasteiger partial charge in [-0.1, -0.05) is 65.6 Å². The molecule has 0 saturated carbocycles. The van der Waals surface area contributed by atoms with Gasteiger partial charge < -0.3 is 14.7 Å². The molecular formula is C64H55F3N6O3. The Morgan fingerprint density at radius 3 is 1.05 bits per heavy atom. The summed E-state index contributed by atoms with van der Waals surface area (Å²) in [6.45, 7) is 3.89. The van der Waals surface area contributed by atoms with E-state index in [1.54, 1.807) is 79.6 Å². The number of aromatic nitrogens is 3. The van der Waals surface area contributed by atoms with E-state index in [-0.39, 0.29) is 48.2 Å². The molecule has 3 heterocycles. The van der Waals surface area contributed by atoms with Gasteiger partial charge in [0.15, 0.2) is 17.3 Å². The number of hydrogen-bond donors (Lipinski definition) is 0. The predicted molar refractivity (Wildman–Crippen MR) is 297 cm³/mol. The summed E-state index contributed by atoms with van der Waals surface area (Å²) in [5.41, 5.74) is 11.0. The Hall–Kier alpha value is -9.47. The first-order valence-electron chi connectivity index (χ1n) is 24.2. The second kappa shape index (κ2) is 26.0. The summed E-state index contributed by atoms with van der Waals surface area (Å²) >= 11 is 0. The molecule has 0 aliphatic rings. The highest BCUT2D eigenvalue weighted by Gasteiger charge is 2.16. The molecule has 0 spiro atoms. The first-order chi connectivity index (χ1) is 36.6. The summed E-state index contributed by atoms with van der Waals surface area (Å²) in [7, 11) is 5.52. The zero-order valence-corrected chi connectivity index (χ0v) is 42.8. The number of rotatable bonds is 15. The van der Waals surface area contributed by atoms with Gasteiger partial charge in [-0.25, -0.2) is 13.2 Å². The van der Waals surface area contributed by atoms with Gasteiger partial charge in [-0.3, -0.25) is 29.3 Å². The molecule has 0 amide bonds. The number of terminal acetylenes is 1. The SMILES string of the molecule is C#Cc1cccc(C(=O)Cc2cc(F)cc(N(C)c3cccnc3)c2)c1.Cc1cccc(C(=O)Cc2cc(F)cc(N(C)c3cccnc3)c2)c1.Cc1cccc(C(=O)Cc2cc(F)cc(N(C)c3cccnc3)c2)c1. The highest BCUT2D eigenvalue weighted by atomic mass is 19.1. The fraction of sp³-hybridized carbons (Fsp3) is 0.125. The molecule has 0 saturated heterocycles. The van der Waals surface area contributed by atoms with E-state index < -0.39 is 5.82 Å². The lowest BCUT2D eigenvalue weighted by molar-refractivity contribution is 0.0984. The van der Waals surface area contributed by atoms with Crippen LogP contribution in [-0.4, -0.2) is 53.4 Å². The van der Waals surface area contributed by atoms with Crippen LogP contribution < -0.4 is 14.7 Å². The first kappa shape index (κ1) is 54.3. The van der Waals surface area contributed by atoms with Gasteiger partial charge in [-0.15, -0.1) is 6.42 Å². The summed E-state index contributed by atoms with van der Waals surface area (Å²) in [5, 5.41) is 0. The van der Waals surface area contributed by atoms with Gasteiger partial charge in [0.25, 0.3) is 0 Å². The zero-order valence-electron chi connectivity index (χ0n) is 42.8. The Kier molecular flexibility index (Phi) is 18.5. The van der Waals surface area contributed by atoms with Crippen molar-refractivity contribution < 1.29 is 27.6 Å². The van der Waals surface area contributed by atoms with Gasteiger partial charge in [0.05, 0.1) is 35.7 Å². The molecule has 0 aliphatic heterocycles. The molecule has 12 heteroatoms. The average molecular weight is 1010 g/mol. The first-order valence-corrected chi connectivity index (χ1v) is 24.2. The van der Waals surface area contributed by atoms with Crippen LogP contribution in [0.5, 0.6) is 0 Å². The van der Waals surface area contributed by atoms with Crippen LogP contribution >= 0.6 is 0 Å². The van der Waals surface area contributed by atoms with E-state index in [0.717, 1.165) is 28.2 Å². The van der Waals surface area contributed by atoms with Crippen molar-refractivity contribution in [2.45, 2.75) is 33.1 Å². The topological polar surface area (TPSA) is 99.6 Å². The molecule has 0 aliphatic carbocycles. The summed E-state index contributed by atoms with van der Waals surface area (Å²) in [4.78, 5) is 55.2. The lowest BCUT2D eigenvalue weighted by Gasteiger charge is -2.20. The van der Waals surface area contributed by atoms with E-state index in [1.807, 2.05) is 135 Å². The molecule has 0 atom stereocenters. The minimum atomic E-state index is -0.390. The Morgan fingerprint density at radius 2 is 0.750 bits per heavy atom. The Labute approximate surface area is 442 Å². The van der Waals surface area contributed by atoms with E-state index in [1.165, 1.54) is 36.4 Å². The van der Waals surface area contributed by atoms with Crippen molar-refractivity contribution in [2.24, 2.45) is 0 Å². The number of carbonyl (C=O) groups excluding carboxylic acids is 3. The number of benzene rings is 6. The fourth-order valence-electron chi connectivity index (χ4n) is 8.17. The molecule has 76 heavy (non-hydrogen) atoms. The number of anilines is 6. The van der Waals surface area contributed by atoms with Crippen molar-refractivity contribution in [3.05, 3.63) is 268 Å². The van der Waals surface area contributed by atoms with Crippen LogP contribution in [0.1, 0.15) is 64.5 Å². The maximum atomic E-state index is 14.1. The third kappa shape index (κ3) is 15.3. The van der Waals surface area contributed by atoms with Gasteiger partial charge >= 0.3 is 0 Å². The summed E-state index contributed by atoms with van der Waals surface area (Å²) in [6.07, 6.45) is 16.0. The molecule has 0 bridgehead atoms. The summed E-state index contributed by atoms with van der Waals surface area (Å²) < 4.78 is 42.2. The Balaban J connectivity index is 0.000000166. The Bertz CT molecular complexity index is 3350. The van der Waals surface area contributed by atoms with Crippen molar-refractivity contribution in [3.63, 3.8) is 0 Å². The van der Waals surface area contributed by atoms with Gasteiger partial charge in [0.1, 0.15) is 17.5 Å². The van der Waals surface area contributed by atoms with Gasteiger partial charge in [-0.2, -0.15) is 0 Å². The molecule has 9 aromatic rings. The van der Waals surface area contributed by atoms with Crippen LogP contribution in [0.25, 0.3) is 0 Å². The van der Waals surface area contributed by atoms with E-state index in [2.05, 4.69) is 20.9 Å². The highest BCUT2D eigenvalue weighted by Crippen LogP contribution is 2.29. The van der Waals surface area contributed by atoms with Crippen LogP contribution in [-0.2, 0) is 19.3 Å². The van der Waals surface area contributed by atoms with Crippen LogP contribution in [0, 0.1) is 43.6 Å². The van der Waals surface area contributed by atoms with Crippen LogP contribution in [0.3, 0.4) is 0 Å². The molecule has 9 nitrogen and oxygen atoms in total. The van der Waals surface area contributed by atoms with Crippen LogP contribution in [0.15, 0.2) is 201 Å². The molecule has 9 rings (SSSR count). The third-order valence-corrected chi connectivity index (χ3v) is 12.2. The van der Waals surface area contributed by atoms with Crippen molar-refractivity contribution in [2.75, 3.05) is 35.8 Å². The number of halogens is 3. The van der Waals surface area contributed by atoms with Crippen molar-refractivity contribution in [3.8, 4) is 12.3 Å². The molecule has 0 radical (unpaired) electrons. The van der Waals surface area contributed by atoms with Gasteiger partial charge in [0, 0.05) is 98.3 Å². The van der Waals surface area contributed by atoms with Gasteiger partial charge in [0.2, 0.25) is 0 Å². The number of pyridine rings is 3. The molecule has 3 aromatic heterocycles. The Morgan fingerprint density at radius 1 is 0.421 bits per heavy atom. The highest BCUT2D eigenvalue weighted by molar-refractivity contribution is 5.99. The van der Waals surface area contributed by atoms with Crippen molar-refractivity contribution >= 4 is 51.5 Å². The minimum absolute atomic E-state index is 0.0238. The molecule has 0 unspecified atom stereocenters. The largest absolute Gasteiger partial charge is 0.343 e. The smallest absolute Gasteiger partial charge is 0.167 e. The lowest BCUT2D eigenvalue weighted by Crippen LogP contribution is -2.11. The zero-order chi connectivity index (χ0) is 54.1. The molecule has 6 aromatic carbocycles. The van der Waals surface area contributed by atoms with Crippen molar-refractivity contribution in [1.82, 2.24) is 15.0 Å². The average Bonchev–Trinajstić information content (AvgIpc) is 3.43. The van der Waals surface area contributed by atoms with Crippen molar-refractivity contribution in [1.29, 1.82) is 0 Å². The maximum absolute atomic E-state index is 14.1. The van der Waals surface area contributed by atoms with Crippen LogP contribution in [0.4, 0.5) is 47.3 Å². The number of Topliss-reactive ketones (excluding diaryl/α,β-unsaturated/α-hetero) is 3. The van der Waals surface area contributed by atoms with Crippen LogP contribution in [0.2, 0.25) is 0 Å².